The van der Waals surface area contributed by atoms with E-state index in [1.54, 1.807) is 7.11 Å². The Hall–Kier alpha value is -2.41. The lowest BCUT2D eigenvalue weighted by Crippen LogP contribution is -2.31. The number of rotatable bonds is 6. The van der Waals surface area contributed by atoms with Crippen molar-refractivity contribution >= 4 is 5.91 Å². The van der Waals surface area contributed by atoms with E-state index < -0.39 is 0 Å². The number of carbonyl (C=O) groups is 1. The van der Waals surface area contributed by atoms with Crippen molar-refractivity contribution in [1.29, 1.82) is 0 Å². The Kier molecular flexibility index (Phi) is 5.11. The molecule has 2 heterocycles. The van der Waals surface area contributed by atoms with Gasteiger partial charge in [0, 0.05) is 38.5 Å². The number of ether oxygens (including phenoxy) is 1. The van der Waals surface area contributed by atoms with Crippen LogP contribution in [0.1, 0.15) is 43.0 Å². The molecule has 4 rings (SSSR count). The van der Waals surface area contributed by atoms with Crippen LogP contribution in [0, 0.1) is 5.92 Å². The number of amides is 1. The second-order valence-corrected chi connectivity index (χ2v) is 7.51. The number of methoxy groups -OCH3 is 1. The summed E-state index contributed by atoms with van der Waals surface area (Å²) in [5.41, 5.74) is 1.25. The van der Waals surface area contributed by atoms with E-state index in [4.69, 9.17) is 4.74 Å². The highest BCUT2D eigenvalue weighted by atomic mass is 16.5. The van der Waals surface area contributed by atoms with Crippen molar-refractivity contribution < 1.29 is 9.53 Å². The van der Waals surface area contributed by atoms with Gasteiger partial charge in [-0.3, -0.25) is 9.69 Å². The Labute approximate surface area is 159 Å². The third-order valence-electron chi connectivity index (χ3n) is 5.38. The predicted octanol–water partition coefficient (Wildman–Crippen LogP) is 1.93. The summed E-state index contributed by atoms with van der Waals surface area (Å²) in [6.45, 7) is 5.59. The molecule has 1 unspecified atom stereocenters. The summed E-state index contributed by atoms with van der Waals surface area (Å²) in [7, 11) is 1.70. The molecule has 1 fully saturated rings. The molecule has 1 saturated carbocycles. The summed E-state index contributed by atoms with van der Waals surface area (Å²) in [5, 5.41) is 11.8. The van der Waals surface area contributed by atoms with Crippen LogP contribution in [0.15, 0.2) is 24.3 Å². The van der Waals surface area contributed by atoms with Gasteiger partial charge in [0.1, 0.15) is 11.6 Å². The summed E-state index contributed by atoms with van der Waals surface area (Å²) in [6, 6.07) is 8.12. The van der Waals surface area contributed by atoms with Crippen molar-refractivity contribution in [3.63, 3.8) is 0 Å². The minimum absolute atomic E-state index is 0.107. The molecule has 1 aromatic carbocycles. The van der Waals surface area contributed by atoms with Crippen molar-refractivity contribution in [1.82, 2.24) is 25.0 Å². The number of hydrogen-bond donors (Lipinski definition) is 1. The molecule has 1 aliphatic carbocycles. The third-order valence-corrected chi connectivity index (χ3v) is 5.38. The van der Waals surface area contributed by atoms with Gasteiger partial charge in [-0.05, 0) is 37.5 Å². The highest BCUT2D eigenvalue weighted by Gasteiger charge is 2.31. The number of hydrogen-bond acceptors (Lipinski definition) is 5. The highest BCUT2D eigenvalue weighted by Crippen LogP contribution is 2.29. The first-order chi connectivity index (χ1) is 13.1. The number of fused-ring (bicyclic) bond motifs is 1. The van der Waals surface area contributed by atoms with E-state index in [0.717, 1.165) is 62.8 Å². The lowest BCUT2D eigenvalue weighted by molar-refractivity contribution is -0.123. The van der Waals surface area contributed by atoms with Gasteiger partial charge in [-0.25, -0.2) is 0 Å². The summed E-state index contributed by atoms with van der Waals surface area (Å²) in [5.74, 6) is 3.11. The van der Waals surface area contributed by atoms with Crippen molar-refractivity contribution in [2.45, 2.75) is 45.3 Å². The summed E-state index contributed by atoms with van der Waals surface area (Å²) in [4.78, 5) is 14.5. The number of aromatic nitrogens is 3. The highest BCUT2D eigenvalue weighted by molar-refractivity contribution is 5.81. The fourth-order valence-electron chi connectivity index (χ4n) is 3.64. The number of carbonyl (C=O) groups excluding carboxylic acids is 1. The molecule has 0 spiro atoms. The molecule has 1 amide bonds. The summed E-state index contributed by atoms with van der Waals surface area (Å²) in [6.07, 6.45) is 2.88. The zero-order chi connectivity index (χ0) is 18.8. The van der Waals surface area contributed by atoms with E-state index >= 15 is 0 Å². The van der Waals surface area contributed by atoms with Gasteiger partial charge in [-0.1, -0.05) is 12.1 Å². The Morgan fingerprint density at radius 1 is 1.30 bits per heavy atom. The number of benzene rings is 1. The molecule has 7 heteroatoms. The molecule has 0 bridgehead atoms. The SMILES string of the molecule is COc1cccc(CN2CCc3nnc(C(C)NC(=O)C4CC4)n3CC2)c1. The van der Waals surface area contributed by atoms with Crippen molar-refractivity contribution in [3.05, 3.63) is 41.5 Å². The van der Waals surface area contributed by atoms with Crippen LogP contribution in [0.4, 0.5) is 0 Å². The Morgan fingerprint density at radius 3 is 2.93 bits per heavy atom. The second kappa shape index (κ2) is 7.68. The van der Waals surface area contributed by atoms with Crippen LogP contribution in [-0.2, 0) is 24.3 Å². The first kappa shape index (κ1) is 18.0. The van der Waals surface area contributed by atoms with Gasteiger partial charge in [-0.2, -0.15) is 0 Å². The van der Waals surface area contributed by atoms with Crippen LogP contribution in [0.5, 0.6) is 5.75 Å². The molecule has 0 saturated heterocycles. The lowest BCUT2D eigenvalue weighted by Gasteiger charge is -2.20. The molecule has 27 heavy (non-hydrogen) atoms. The van der Waals surface area contributed by atoms with Crippen molar-refractivity contribution in [2.24, 2.45) is 5.92 Å². The Morgan fingerprint density at radius 2 is 2.15 bits per heavy atom. The molecule has 1 aromatic heterocycles. The van der Waals surface area contributed by atoms with Gasteiger partial charge in [0.05, 0.1) is 13.2 Å². The molecule has 1 N–H and O–H groups in total. The zero-order valence-electron chi connectivity index (χ0n) is 16.0. The first-order valence-electron chi connectivity index (χ1n) is 9.71. The van der Waals surface area contributed by atoms with Crippen LogP contribution < -0.4 is 10.1 Å². The van der Waals surface area contributed by atoms with E-state index in [0.29, 0.717) is 0 Å². The van der Waals surface area contributed by atoms with E-state index in [2.05, 4.69) is 37.1 Å². The summed E-state index contributed by atoms with van der Waals surface area (Å²) < 4.78 is 7.51. The van der Waals surface area contributed by atoms with Gasteiger partial charge < -0.3 is 14.6 Å². The molecular formula is C20H27N5O2. The lowest BCUT2D eigenvalue weighted by atomic mass is 10.2. The van der Waals surface area contributed by atoms with E-state index in [1.807, 2.05) is 19.1 Å². The van der Waals surface area contributed by atoms with Crippen LogP contribution in [-0.4, -0.2) is 45.8 Å². The molecule has 2 aliphatic rings. The average Bonchev–Trinajstić information content (AvgIpc) is 3.47. The predicted molar refractivity (Wildman–Crippen MR) is 101 cm³/mol. The van der Waals surface area contributed by atoms with Crippen LogP contribution in [0.3, 0.4) is 0 Å². The molecular weight excluding hydrogens is 342 g/mol. The normalized spacial score (nSPS) is 18.4. The Balaban J connectivity index is 1.40. The van der Waals surface area contributed by atoms with Gasteiger partial charge >= 0.3 is 0 Å². The van der Waals surface area contributed by atoms with Gasteiger partial charge in [0.15, 0.2) is 5.82 Å². The maximum Gasteiger partial charge on any atom is 0.223 e. The van der Waals surface area contributed by atoms with E-state index in [9.17, 15) is 4.79 Å². The van der Waals surface area contributed by atoms with Gasteiger partial charge in [0.25, 0.3) is 0 Å². The number of nitrogens with one attached hydrogen (secondary N) is 1. The molecule has 144 valence electrons. The smallest absolute Gasteiger partial charge is 0.223 e. The number of nitrogens with zero attached hydrogens (tertiary/aromatic N) is 4. The largest absolute Gasteiger partial charge is 0.497 e. The fraction of sp³-hybridized carbons (Fsp3) is 0.550. The van der Waals surface area contributed by atoms with Crippen LogP contribution >= 0.6 is 0 Å². The van der Waals surface area contributed by atoms with E-state index in [-0.39, 0.29) is 17.9 Å². The fourth-order valence-corrected chi connectivity index (χ4v) is 3.64. The quantitative estimate of drug-likeness (QED) is 0.842. The molecule has 1 atom stereocenters. The van der Waals surface area contributed by atoms with Crippen molar-refractivity contribution in [2.75, 3.05) is 20.2 Å². The maximum atomic E-state index is 12.1. The molecule has 7 nitrogen and oxygen atoms in total. The zero-order valence-corrected chi connectivity index (χ0v) is 16.0. The van der Waals surface area contributed by atoms with Gasteiger partial charge in [0.2, 0.25) is 5.91 Å². The summed E-state index contributed by atoms with van der Waals surface area (Å²) >= 11 is 0. The van der Waals surface area contributed by atoms with E-state index in [1.165, 1.54) is 5.56 Å². The standard InChI is InChI=1S/C20H27N5O2/c1-14(21-20(26)16-6-7-16)19-23-22-18-8-9-24(10-11-25(18)19)13-15-4-3-5-17(12-15)27-2/h3-5,12,14,16H,6-11,13H2,1-2H3,(H,21,26). The van der Waals surface area contributed by atoms with Crippen LogP contribution in [0.25, 0.3) is 0 Å². The second-order valence-electron chi connectivity index (χ2n) is 7.51. The monoisotopic (exact) mass is 369 g/mol. The van der Waals surface area contributed by atoms with Crippen molar-refractivity contribution in [3.8, 4) is 5.75 Å². The maximum absolute atomic E-state index is 12.1. The minimum atomic E-state index is -0.107. The first-order valence-corrected chi connectivity index (χ1v) is 9.71. The molecule has 0 radical (unpaired) electrons. The topological polar surface area (TPSA) is 72.3 Å². The average molecular weight is 369 g/mol. The third kappa shape index (κ3) is 4.13. The molecule has 1 aliphatic heterocycles. The minimum Gasteiger partial charge on any atom is -0.497 e. The Bertz CT molecular complexity index is 814. The van der Waals surface area contributed by atoms with Crippen LogP contribution in [0.2, 0.25) is 0 Å². The molecule has 2 aromatic rings. The van der Waals surface area contributed by atoms with Gasteiger partial charge in [-0.15, -0.1) is 10.2 Å².